The molecule has 10 heteroatoms. The number of fused-ring (bicyclic) bond motifs is 1. The highest BCUT2D eigenvalue weighted by Crippen LogP contribution is 2.43. The molecule has 0 saturated carbocycles. The predicted molar refractivity (Wildman–Crippen MR) is 180 cm³/mol. The van der Waals surface area contributed by atoms with Crippen LogP contribution in [0.15, 0.2) is 122 Å². The minimum Gasteiger partial charge on any atom is -0.456 e. The van der Waals surface area contributed by atoms with Crippen LogP contribution < -0.4 is 15.4 Å². The van der Waals surface area contributed by atoms with Crippen LogP contribution in [-0.4, -0.2) is 11.9 Å². The van der Waals surface area contributed by atoms with Gasteiger partial charge in [0, 0.05) is 35.4 Å². The molecule has 0 bridgehead atoms. The average Bonchev–Trinajstić information content (AvgIpc) is 2.95. The van der Waals surface area contributed by atoms with E-state index in [1.807, 2.05) is 42.5 Å². The summed E-state index contributed by atoms with van der Waals surface area (Å²) in [7, 11) is 0. The third-order valence-corrected chi connectivity index (χ3v) is 9.35. The monoisotopic (exact) mass is 816 g/mol. The SMILES string of the molecule is O=C(NC(=O)c1c(Br)cccc1Br)Nc1ccc(Oc2ccc(Sc3ccccc3)c3ccccc23)c(C(Br)Br)c1. The van der Waals surface area contributed by atoms with Gasteiger partial charge in [0.05, 0.1) is 9.30 Å². The first-order chi connectivity index (χ1) is 19.8. The molecular weight excluding hydrogens is 800 g/mol. The van der Waals surface area contributed by atoms with E-state index in [0.717, 1.165) is 26.1 Å². The second-order valence-corrected chi connectivity index (χ2v) is 14.6. The Hall–Kier alpha value is -2.63. The molecule has 5 rings (SSSR count). The fourth-order valence-electron chi connectivity index (χ4n) is 4.09. The minimum absolute atomic E-state index is 0.258. The normalized spacial score (nSPS) is 11.0. The third kappa shape index (κ3) is 7.24. The number of hydrogen-bond acceptors (Lipinski definition) is 4. The highest BCUT2D eigenvalue weighted by molar-refractivity contribution is 9.24. The molecule has 3 amide bonds. The molecule has 0 fully saturated rings. The summed E-state index contributed by atoms with van der Waals surface area (Å²) in [5, 5.41) is 7.17. The molecule has 2 N–H and O–H groups in total. The van der Waals surface area contributed by atoms with Crippen molar-refractivity contribution >= 4 is 104 Å². The summed E-state index contributed by atoms with van der Waals surface area (Å²) in [6.07, 6.45) is 0. The molecule has 0 atom stereocenters. The molecule has 0 aromatic heterocycles. The number of anilines is 1. The first-order valence-electron chi connectivity index (χ1n) is 12.2. The number of benzene rings is 5. The van der Waals surface area contributed by atoms with Crippen LogP contribution >= 0.6 is 75.5 Å². The van der Waals surface area contributed by atoms with Gasteiger partial charge in [-0.25, -0.2) is 4.79 Å². The molecule has 0 aliphatic rings. The third-order valence-electron chi connectivity index (χ3n) is 5.95. The summed E-state index contributed by atoms with van der Waals surface area (Å²) in [6.45, 7) is 0. The van der Waals surface area contributed by atoms with E-state index >= 15 is 0 Å². The fourth-order valence-corrected chi connectivity index (χ4v) is 7.13. The zero-order valence-corrected chi connectivity index (χ0v) is 28.2. The maximum absolute atomic E-state index is 12.7. The summed E-state index contributed by atoms with van der Waals surface area (Å²) < 4.78 is 7.32. The molecular formula is C31H20Br4N2O3S. The number of carbonyl (C=O) groups excluding carboxylic acids is 2. The number of urea groups is 1. The van der Waals surface area contributed by atoms with Crippen molar-refractivity contribution < 1.29 is 14.3 Å². The van der Waals surface area contributed by atoms with E-state index < -0.39 is 11.9 Å². The molecule has 206 valence electrons. The summed E-state index contributed by atoms with van der Waals surface area (Å²) in [5.41, 5.74) is 1.58. The van der Waals surface area contributed by atoms with Gasteiger partial charge in [-0.3, -0.25) is 10.1 Å². The number of imide groups is 1. The number of rotatable bonds is 7. The number of halogens is 4. The average molecular weight is 820 g/mol. The lowest BCUT2D eigenvalue weighted by molar-refractivity contribution is 0.0965. The maximum Gasteiger partial charge on any atom is 0.326 e. The molecule has 0 radical (unpaired) electrons. The Morgan fingerprint density at radius 2 is 1.39 bits per heavy atom. The second-order valence-electron chi connectivity index (χ2n) is 8.68. The Bertz CT molecular complexity index is 1730. The van der Waals surface area contributed by atoms with E-state index in [-0.39, 0.29) is 3.74 Å². The van der Waals surface area contributed by atoms with Crippen LogP contribution in [0.2, 0.25) is 0 Å². The van der Waals surface area contributed by atoms with Crippen molar-refractivity contribution in [2.24, 2.45) is 0 Å². The Morgan fingerprint density at radius 1 is 0.732 bits per heavy atom. The van der Waals surface area contributed by atoms with E-state index in [1.54, 1.807) is 48.2 Å². The van der Waals surface area contributed by atoms with Gasteiger partial charge >= 0.3 is 6.03 Å². The number of ether oxygens (including phenoxy) is 1. The minimum atomic E-state index is -0.657. The molecule has 0 aliphatic heterocycles. The van der Waals surface area contributed by atoms with Crippen LogP contribution in [0.4, 0.5) is 10.5 Å². The number of hydrogen-bond donors (Lipinski definition) is 2. The molecule has 41 heavy (non-hydrogen) atoms. The van der Waals surface area contributed by atoms with Crippen LogP contribution in [0.1, 0.15) is 19.7 Å². The summed E-state index contributed by atoms with van der Waals surface area (Å²) in [6, 6.07) is 32.3. The van der Waals surface area contributed by atoms with Gasteiger partial charge < -0.3 is 10.1 Å². The van der Waals surface area contributed by atoms with E-state index in [2.05, 4.69) is 98.6 Å². The van der Waals surface area contributed by atoms with Gasteiger partial charge in [-0.2, -0.15) is 0 Å². The topological polar surface area (TPSA) is 67.4 Å². The van der Waals surface area contributed by atoms with Crippen LogP contribution in [-0.2, 0) is 0 Å². The first kappa shape index (κ1) is 29.8. The summed E-state index contributed by atoms with van der Waals surface area (Å²) >= 11 is 15.6. The first-order valence-corrected chi connectivity index (χ1v) is 16.4. The molecule has 0 heterocycles. The van der Waals surface area contributed by atoms with E-state index in [4.69, 9.17) is 4.74 Å². The molecule has 0 aliphatic carbocycles. The summed E-state index contributed by atoms with van der Waals surface area (Å²) in [5.74, 6) is 0.779. The highest BCUT2D eigenvalue weighted by Gasteiger charge is 2.19. The van der Waals surface area contributed by atoms with Crippen LogP contribution in [0.3, 0.4) is 0 Å². The Morgan fingerprint density at radius 3 is 2.10 bits per heavy atom. The zero-order valence-electron chi connectivity index (χ0n) is 21.0. The number of nitrogens with one attached hydrogen (secondary N) is 2. The highest BCUT2D eigenvalue weighted by atomic mass is 79.9. The standard InChI is InChI=1S/C31H20Br4N2O3S/c32-23-11-6-12-24(33)28(23)30(38)37-31(39)36-18-13-14-26(22(17-18)29(34)35)40-25-15-16-27(21-10-5-4-9-20(21)25)41-19-7-2-1-3-8-19/h1-17,29H,(H2,36,37,38,39). The van der Waals surface area contributed by atoms with Crippen molar-refractivity contribution in [2.45, 2.75) is 13.5 Å². The van der Waals surface area contributed by atoms with Crippen molar-refractivity contribution in [1.29, 1.82) is 0 Å². The molecule has 5 aromatic rings. The van der Waals surface area contributed by atoms with Crippen molar-refractivity contribution in [2.75, 3.05) is 5.32 Å². The van der Waals surface area contributed by atoms with Gasteiger partial charge in [-0.1, -0.05) is 92.2 Å². The van der Waals surface area contributed by atoms with Crippen molar-refractivity contribution in [1.82, 2.24) is 5.32 Å². The lowest BCUT2D eigenvalue weighted by Crippen LogP contribution is -2.34. The number of alkyl halides is 2. The number of amides is 3. The van der Waals surface area contributed by atoms with E-state index in [0.29, 0.717) is 31.7 Å². The van der Waals surface area contributed by atoms with Gasteiger partial charge in [0.2, 0.25) is 0 Å². The number of carbonyl (C=O) groups is 2. The van der Waals surface area contributed by atoms with Crippen LogP contribution in [0.25, 0.3) is 10.8 Å². The van der Waals surface area contributed by atoms with Crippen molar-refractivity contribution in [3.63, 3.8) is 0 Å². The van der Waals surface area contributed by atoms with Crippen molar-refractivity contribution in [3.05, 3.63) is 123 Å². The molecule has 0 spiro atoms. The molecule has 0 saturated heterocycles. The molecule has 5 nitrogen and oxygen atoms in total. The Balaban J connectivity index is 1.36. The molecule has 0 unspecified atom stereocenters. The van der Waals surface area contributed by atoms with Gasteiger partial charge in [0.25, 0.3) is 5.91 Å². The van der Waals surface area contributed by atoms with Gasteiger partial charge in [0.1, 0.15) is 11.5 Å². The lowest BCUT2D eigenvalue weighted by atomic mass is 10.1. The molecule has 5 aromatic carbocycles. The second kappa shape index (κ2) is 13.6. The van der Waals surface area contributed by atoms with Gasteiger partial charge in [0.15, 0.2) is 0 Å². The predicted octanol–water partition coefficient (Wildman–Crippen LogP) is 11.1. The van der Waals surface area contributed by atoms with Crippen LogP contribution in [0.5, 0.6) is 11.5 Å². The van der Waals surface area contributed by atoms with E-state index in [9.17, 15) is 9.59 Å². The summed E-state index contributed by atoms with van der Waals surface area (Å²) in [4.78, 5) is 27.6. The Kier molecular flexibility index (Phi) is 9.87. The Labute approximate surface area is 275 Å². The maximum atomic E-state index is 12.7. The smallest absolute Gasteiger partial charge is 0.326 e. The van der Waals surface area contributed by atoms with Crippen molar-refractivity contribution in [3.8, 4) is 11.5 Å². The van der Waals surface area contributed by atoms with Gasteiger partial charge in [-0.05, 0) is 91.8 Å². The van der Waals surface area contributed by atoms with Gasteiger partial charge in [-0.15, -0.1) is 0 Å². The lowest BCUT2D eigenvalue weighted by Gasteiger charge is -2.17. The van der Waals surface area contributed by atoms with Crippen LogP contribution in [0, 0.1) is 0 Å². The van der Waals surface area contributed by atoms with E-state index in [1.165, 1.54) is 0 Å². The quantitative estimate of drug-likeness (QED) is 0.161. The zero-order chi connectivity index (χ0) is 28.9. The fraction of sp³-hybridized carbons (Fsp3) is 0.0323. The largest absolute Gasteiger partial charge is 0.456 e.